The van der Waals surface area contributed by atoms with Gasteiger partial charge in [0.15, 0.2) is 9.84 Å². The fourth-order valence-electron chi connectivity index (χ4n) is 8.60. The summed E-state index contributed by atoms with van der Waals surface area (Å²) in [4.78, 5) is 0.424. The Balaban J connectivity index is 1.42. The molecule has 1 aromatic rings. The summed E-state index contributed by atoms with van der Waals surface area (Å²) in [5.74, 6) is 1.37. The van der Waals surface area contributed by atoms with Gasteiger partial charge >= 0.3 is 0 Å². The molecule has 3 saturated carbocycles. The van der Waals surface area contributed by atoms with E-state index >= 15 is 0 Å². The lowest BCUT2D eigenvalue weighted by molar-refractivity contribution is -0.124. The number of sulfone groups is 1. The largest absolute Gasteiger partial charge is 0.393 e. The molecule has 8 atom stereocenters. The lowest BCUT2D eigenvalue weighted by atomic mass is 9.46. The van der Waals surface area contributed by atoms with Crippen molar-refractivity contribution in [3.63, 3.8) is 0 Å². The number of benzene rings is 1. The van der Waals surface area contributed by atoms with E-state index in [0.29, 0.717) is 29.6 Å². The lowest BCUT2D eigenvalue weighted by Crippen LogP contribution is -2.58. The van der Waals surface area contributed by atoms with Crippen molar-refractivity contribution in [3.05, 3.63) is 53.6 Å². The van der Waals surface area contributed by atoms with Crippen LogP contribution in [0.4, 0.5) is 0 Å². The quantitative estimate of drug-likeness (QED) is 0.607. The maximum absolute atomic E-state index is 13.1. The molecule has 0 unspecified atom stereocenters. The molecule has 5 heteroatoms. The average molecular weight is 485 g/mol. The van der Waals surface area contributed by atoms with Crippen molar-refractivity contribution >= 4 is 9.84 Å². The van der Waals surface area contributed by atoms with Crippen molar-refractivity contribution < 1.29 is 18.6 Å². The van der Waals surface area contributed by atoms with Crippen LogP contribution in [0.1, 0.15) is 66.2 Å². The van der Waals surface area contributed by atoms with Crippen LogP contribution in [0, 0.1) is 34.5 Å². The molecule has 5 rings (SSSR count). The Morgan fingerprint density at radius 1 is 1.03 bits per heavy atom. The van der Waals surface area contributed by atoms with Gasteiger partial charge in [0.2, 0.25) is 0 Å². The predicted octanol–water partition coefficient (Wildman–Crippen LogP) is 5.32. The van der Waals surface area contributed by atoms with E-state index in [-0.39, 0.29) is 28.4 Å². The van der Waals surface area contributed by atoms with E-state index in [1.807, 2.05) is 13.0 Å². The molecule has 4 aliphatic rings. The van der Waals surface area contributed by atoms with Crippen molar-refractivity contribution in [1.82, 2.24) is 0 Å². The molecule has 0 saturated heterocycles. The summed E-state index contributed by atoms with van der Waals surface area (Å²) < 4.78 is 26.2. The van der Waals surface area contributed by atoms with Gasteiger partial charge in [-0.15, -0.1) is 0 Å². The monoisotopic (exact) mass is 484 g/mol. The molecule has 0 heterocycles. The van der Waals surface area contributed by atoms with Crippen molar-refractivity contribution in [2.45, 2.75) is 82.8 Å². The molecule has 0 aliphatic heterocycles. The van der Waals surface area contributed by atoms with E-state index in [2.05, 4.69) is 32.9 Å². The van der Waals surface area contributed by atoms with E-state index in [9.17, 15) is 18.6 Å². The lowest BCUT2D eigenvalue weighted by Gasteiger charge is -2.60. The molecule has 1 aromatic carbocycles. The highest BCUT2D eigenvalue weighted by molar-refractivity contribution is 7.91. The van der Waals surface area contributed by atoms with Crippen LogP contribution in [0.3, 0.4) is 0 Å². The van der Waals surface area contributed by atoms with E-state index < -0.39 is 21.5 Å². The zero-order chi connectivity index (χ0) is 24.5. The van der Waals surface area contributed by atoms with Gasteiger partial charge in [-0.1, -0.05) is 62.3 Å². The normalized spacial score (nSPS) is 42.6. The molecule has 4 aliphatic carbocycles. The standard InChI is InChI=1S/C29H40O4S/c1-19(18-34(32,33)22-8-6-5-7-9-22)24-12-13-25-23-11-10-20-16-21(30)17-28(3,31)29(20,4)26(23)14-15-27(24,25)2/h5-11,19,21,24-26,30-31H,12-18H2,1-4H3/t19-,21-,24-,25+,26+,27-,28+,29+/m1/s1. The third-order valence-corrected chi connectivity index (χ3v) is 12.5. The number of allylic oxidation sites excluding steroid dienone is 3. The van der Waals surface area contributed by atoms with Gasteiger partial charge in [0, 0.05) is 11.8 Å². The summed E-state index contributed by atoms with van der Waals surface area (Å²) in [6, 6.07) is 8.85. The molecule has 4 nitrogen and oxygen atoms in total. The first kappa shape index (κ1) is 24.3. The molecule has 3 fully saturated rings. The summed E-state index contributed by atoms with van der Waals surface area (Å²) in [6.07, 6.45) is 9.27. The van der Waals surface area contributed by atoms with Gasteiger partial charge in [-0.25, -0.2) is 8.42 Å². The molecule has 0 aromatic heterocycles. The second-order valence-electron chi connectivity index (χ2n) is 12.3. The maximum Gasteiger partial charge on any atom is 0.178 e. The molecular formula is C29H40O4S. The predicted molar refractivity (Wildman–Crippen MR) is 135 cm³/mol. The first-order chi connectivity index (χ1) is 15.9. The number of fused-ring (bicyclic) bond motifs is 5. The van der Waals surface area contributed by atoms with E-state index in [1.54, 1.807) is 24.3 Å². The minimum atomic E-state index is -3.31. The van der Waals surface area contributed by atoms with Crippen LogP contribution in [0.25, 0.3) is 0 Å². The third-order valence-electron chi connectivity index (χ3n) is 10.5. The highest BCUT2D eigenvalue weighted by Crippen LogP contribution is 2.67. The van der Waals surface area contributed by atoms with Crippen LogP contribution in [-0.4, -0.2) is 36.1 Å². The molecule has 0 bridgehead atoms. The SMILES string of the molecule is C[C@H](CS(=O)(=O)c1ccccc1)[C@H]1CC[C@H]2C3=CC=C4C[C@@H](O)C[C@](C)(O)[C@]4(C)[C@H]3CC[C@]12C. The minimum absolute atomic E-state index is 0.0791. The van der Waals surface area contributed by atoms with Crippen molar-refractivity contribution in [2.24, 2.45) is 34.5 Å². The van der Waals surface area contributed by atoms with Crippen LogP contribution < -0.4 is 0 Å². The number of rotatable bonds is 4. The zero-order valence-corrected chi connectivity index (χ0v) is 21.8. The Morgan fingerprint density at radius 2 is 1.74 bits per heavy atom. The van der Waals surface area contributed by atoms with Gasteiger partial charge in [0.1, 0.15) is 0 Å². The van der Waals surface area contributed by atoms with Crippen molar-refractivity contribution in [1.29, 1.82) is 0 Å². The van der Waals surface area contributed by atoms with E-state index in [0.717, 1.165) is 25.7 Å². The fraction of sp³-hybridized carbons (Fsp3) is 0.655. The van der Waals surface area contributed by atoms with Gasteiger partial charge in [-0.2, -0.15) is 0 Å². The molecule has 0 radical (unpaired) electrons. The van der Waals surface area contributed by atoms with Crippen LogP contribution >= 0.6 is 0 Å². The number of hydrogen-bond acceptors (Lipinski definition) is 4. The summed E-state index contributed by atoms with van der Waals surface area (Å²) in [6.45, 7) is 8.65. The fourth-order valence-corrected chi connectivity index (χ4v) is 10.3. The molecule has 2 N–H and O–H groups in total. The number of aliphatic hydroxyl groups is 2. The minimum Gasteiger partial charge on any atom is -0.393 e. The number of aliphatic hydroxyl groups excluding tert-OH is 1. The summed E-state index contributed by atoms with van der Waals surface area (Å²) in [7, 11) is -3.31. The smallest absolute Gasteiger partial charge is 0.178 e. The van der Waals surface area contributed by atoms with E-state index in [1.165, 1.54) is 11.1 Å². The van der Waals surface area contributed by atoms with Crippen LogP contribution in [-0.2, 0) is 9.84 Å². The van der Waals surface area contributed by atoms with Crippen LogP contribution in [0.2, 0.25) is 0 Å². The first-order valence-corrected chi connectivity index (χ1v) is 14.6. The second-order valence-corrected chi connectivity index (χ2v) is 14.3. The van der Waals surface area contributed by atoms with Crippen LogP contribution in [0.5, 0.6) is 0 Å². The maximum atomic E-state index is 13.1. The molecular weight excluding hydrogens is 444 g/mol. The van der Waals surface area contributed by atoms with Gasteiger partial charge in [0.05, 0.1) is 22.4 Å². The van der Waals surface area contributed by atoms with Gasteiger partial charge in [0.25, 0.3) is 0 Å². The number of hydrogen-bond donors (Lipinski definition) is 2. The Labute approximate surface area is 205 Å². The zero-order valence-electron chi connectivity index (χ0n) is 21.0. The Hall–Kier alpha value is -1.43. The molecule has 34 heavy (non-hydrogen) atoms. The highest BCUT2D eigenvalue weighted by atomic mass is 32.2. The Kier molecular flexibility index (Phi) is 5.74. The summed E-state index contributed by atoms with van der Waals surface area (Å²) >= 11 is 0. The summed E-state index contributed by atoms with van der Waals surface area (Å²) in [5, 5.41) is 21.9. The Bertz CT molecular complexity index is 1120. The molecule has 186 valence electrons. The van der Waals surface area contributed by atoms with Gasteiger partial charge in [-0.05, 0) is 80.2 Å². The molecule has 0 spiro atoms. The van der Waals surface area contributed by atoms with Crippen molar-refractivity contribution in [2.75, 3.05) is 5.75 Å². The Morgan fingerprint density at radius 3 is 2.44 bits per heavy atom. The van der Waals surface area contributed by atoms with Gasteiger partial charge < -0.3 is 10.2 Å². The third kappa shape index (κ3) is 3.49. The summed E-state index contributed by atoms with van der Waals surface area (Å²) in [5.41, 5.74) is 1.43. The first-order valence-electron chi connectivity index (χ1n) is 13.0. The van der Waals surface area contributed by atoms with Crippen LogP contribution in [0.15, 0.2) is 58.5 Å². The second kappa shape index (κ2) is 8.04. The van der Waals surface area contributed by atoms with Crippen molar-refractivity contribution in [3.8, 4) is 0 Å². The van der Waals surface area contributed by atoms with Gasteiger partial charge in [-0.3, -0.25) is 0 Å². The highest BCUT2D eigenvalue weighted by Gasteiger charge is 2.61. The average Bonchev–Trinajstić information content (AvgIpc) is 3.12. The van der Waals surface area contributed by atoms with E-state index in [4.69, 9.17) is 0 Å². The molecule has 0 amide bonds. The topological polar surface area (TPSA) is 74.6 Å².